The van der Waals surface area contributed by atoms with Gasteiger partial charge in [0.05, 0.1) is 61.1 Å². The molecule has 0 saturated heterocycles. The van der Waals surface area contributed by atoms with Crippen molar-refractivity contribution in [2.24, 2.45) is 21.1 Å². The number of oxazole rings is 1. The van der Waals surface area contributed by atoms with Crippen LogP contribution in [0.25, 0.3) is 0 Å². The molecular weight excluding hydrogens is 1440 g/mol. The summed E-state index contributed by atoms with van der Waals surface area (Å²) >= 11 is 5.02. The Morgan fingerprint density at radius 1 is 0.330 bits per heavy atom. The summed E-state index contributed by atoms with van der Waals surface area (Å²) in [5, 5.41) is 22.4. The molecule has 0 fully saturated rings. The van der Waals surface area contributed by atoms with Gasteiger partial charge in [-0.3, -0.25) is 9.36 Å². The Bertz CT molecular complexity index is 3870. The van der Waals surface area contributed by atoms with Crippen LogP contribution in [0.1, 0.15) is 454 Å². The third-order valence-corrected chi connectivity index (χ3v) is 22.2. The Labute approximate surface area is 699 Å². The van der Waals surface area contributed by atoms with Gasteiger partial charge in [0.15, 0.2) is 5.89 Å². The standard InChI is InChI=1S/C13H24N2.C12H22N2.2C12H21NO.2C12H21NS.C11H21N3.C10H18N2S/c1-9-14-10(12(2,3)4)11(15(9)8)13(5,6)7;1-8(2)11-10(12(4,5)6)9(3)13-14(11)7;1-8-13-9(11(2,3)4)10(14-8)12(5,6)7;1-8-9(11(2,3)4)10(14-13-8)12(5,6)7;1-8-13-9(11(2,3)4)10(14-8)12(5,6)7;1-8-9(11(2,3)4)10(14-13-8)12(5,6)7;1-10(2,3)8-9(11(4,5)6)14(7)13-12-8;1-9(2,3)7-8(10(4,5)6)13-12-11-7/h1-8H3;8H,1-7H3;5*1-7H3;1-6H3. The lowest BCUT2D eigenvalue weighted by atomic mass is 9.79. The van der Waals surface area contributed by atoms with Gasteiger partial charge in [0.1, 0.15) is 17.3 Å². The van der Waals surface area contributed by atoms with Gasteiger partial charge in [-0.1, -0.05) is 340 Å². The van der Waals surface area contributed by atoms with Crippen molar-refractivity contribution in [3.05, 3.63) is 122 Å². The predicted octanol–water partition coefficient (Wildman–Crippen LogP) is 27.3. The summed E-state index contributed by atoms with van der Waals surface area (Å²) < 4.78 is 25.8. The van der Waals surface area contributed by atoms with Crippen molar-refractivity contribution in [3.8, 4) is 0 Å². The number of aryl methyl sites for hydroxylation is 8. The number of aromatic nitrogens is 13. The van der Waals surface area contributed by atoms with E-state index in [1.807, 2.05) is 48.6 Å². The van der Waals surface area contributed by atoms with E-state index in [0.29, 0.717) is 5.92 Å². The number of rotatable bonds is 1. The van der Waals surface area contributed by atoms with Gasteiger partial charge >= 0.3 is 0 Å². The average Bonchev–Trinajstić information content (AvgIpc) is 1.66. The molecule has 0 radical (unpaired) electrons. The first-order chi connectivity index (χ1) is 49.2. The molecular formula is C94H169N13O2S3. The van der Waals surface area contributed by atoms with Gasteiger partial charge in [-0.05, 0) is 102 Å². The normalized spacial score (nSPS) is 13.3. The Morgan fingerprint density at radius 3 is 1.03 bits per heavy atom. The molecule has 15 nitrogen and oxygen atoms in total. The molecule has 640 valence electrons. The fourth-order valence-electron chi connectivity index (χ4n) is 13.6. The molecule has 0 bridgehead atoms. The van der Waals surface area contributed by atoms with Crippen LogP contribution in [0.5, 0.6) is 0 Å². The molecule has 0 amide bonds. The molecule has 8 heterocycles. The van der Waals surface area contributed by atoms with Gasteiger partial charge in [-0.25, -0.2) is 15.0 Å². The second-order valence-electron chi connectivity index (χ2n) is 46.9. The molecule has 0 aliphatic heterocycles. The van der Waals surface area contributed by atoms with Crippen LogP contribution in [0, 0.1) is 41.5 Å². The van der Waals surface area contributed by atoms with Gasteiger partial charge < -0.3 is 13.5 Å². The maximum Gasteiger partial charge on any atom is 0.191 e. The summed E-state index contributed by atoms with van der Waals surface area (Å²) in [6.07, 6.45) is 0. The van der Waals surface area contributed by atoms with Gasteiger partial charge in [0.25, 0.3) is 0 Å². The molecule has 0 saturated carbocycles. The van der Waals surface area contributed by atoms with Crippen LogP contribution in [-0.4, -0.2) is 63.4 Å². The number of thiazole rings is 1. The molecule has 0 aromatic carbocycles. The minimum atomic E-state index is 0.0316. The second kappa shape index (κ2) is 36.8. The molecule has 0 atom stereocenters. The van der Waals surface area contributed by atoms with Crippen LogP contribution < -0.4 is 0 Å². The SMILES string of the molecule is CC(C)(C)c1nnsc1C(C)(C)C.Cc1nc(C(C)(C)C)c(C(C)(C)C)n1C.Cc1nc(C(C)(C)C)c(C(C)(C)C)o1.Cc1nc(C(C)(C)C)c(C(C)(C)C)s1.Cc1nn(C)c(C(C)C)c1C(C)(C)C.Cc1noc(C(C)(C)C)c1C(C)(C)C.Cc1nsc(C(C)(C)C)c1C(C)(C)C.Cn1nnc(C(C)(C)C)c1C(C)(C)C. The smallest absolute Gasteiger partial charge is 0.191 e. The van der Waals surface area contributed by atoms with E-state index < -0.39 is 0 Å². The van der Waals surface area contributed by atoms with E-state index in [1.165, 1.54) is 87.7 Å². The van der Waals surface area contributed by atoms with E-state index in [9.17, 15) is 0 Å². The largest absolute Gasteiger partial charge is 0.445 e. The third-order valence-electron chi connectivity index (χ3n) is 18.3. The maximum atomic E-state index is 5.69. The quantitative estimate of drug-likeness (QED) is 0.153. The molecule has 8 rings (SSSR count). The molecule has 0 N–H and O–H groups in total. The monoisotopic (exact) mass is 1610 g/mol. The maximum absolute atomic E-state index is 5.69. The summed E-state index contributed by atoms with van der Waals surface area (Å²) in [4.78, 5) is 18.0. The van der Waals surface area contributed by atoms with Crippen LogP contribution in [-0.2, 0) is 102 Å². The Kier molecular flexibility index (Phi) is 34.4. The molecule has 8 aromatic rings. The van der Waals surface area contributed by atoms with Crippen LogP contribution in [0.3, 0.4) is 0 Å². The van der Waals surface area contributed by atoms with E-state index >= 15 is 0 Å². The van der Waals surface area contributed by atoms with Gasteiger partial charge in [0, 0.05) is 109 Å². The van der Waals surface area contributed by atoms with Crippen molar-refractivity contribution >= 4 is 34.4 Å². The predicted molar refractivity (Wildman–Crippen MR) is 488 cm³/mol. The summed E-state index contributed by atoms with van der Waals surface area (Å²) in [6, 6.07) is 0. The third kappa shape index (κ3) is 30.1. The van der Waals surface area contributed by atoms with E-state index in [-0.39, 0.29) is 81.2 Å². The van der Waals surface area contributed by atoms with Crippen molar-refractivity contribution in [2.75, 3.05) is 0 Å². The lowest BCUT2D eigenvalue weighted by Gasteiger charge is -2.26. The highest BCUT2D eigenvalue weighted by Crippen LogP contribution is 2.43. The molecule has 18 heteroatoms. The number of hydrogen-bond acceptors (Lipinski definition) is 15. The van der Waals surface area contributed by atoms with Crippen molar-refractivity contribution in [1.29, 1.82) is 0 Å². The zero-order valence-corrected chi connectivity index (χ0v) is 85.4. The van der Waals surface area contributed by atoms with Crippen molar-refractivity contribution in [1.82, 2.24) is 63.4 Å². The Hall–Kier alpha value is -5.20. The van der Waals surface area contributed by atoms with E-state index in [4.69, 9.17) is 13.9 Å². The number of nitrogens with zero attached hydrogens (tertiary/aromatic N) is 13. The zero-order valence-electron chi connectivity index (χ0n) is 82.9. The lowest BCUT2D eigenvalue weighted by molar-refractivity contribution is 0.321. The van der Waals surface area contributed by atoms with Crippen molar-refractivity contribution in [3.63, 3.8) is 0 Å². The van der Waals surface area contributed by atoms with Crippen LogP contribution in [0.4, 0.5) is 0 Å². The number of hydrogen-bond donors (Lipinski definition) is 0. The molecule has 0 aliphatic carbocycles. The first kappa shape index (κ1) is 105. The second-order valence-corrected chi connectivity index (χ2v) is 49.6. The van der Waals surface area contributed by atoms with Crippen molar-refractivity contribution in [2.45, 2.75) is 454 Å². The topological polar surface area (TPSA) is 170 Å². The highest BCUT2D eigenvalue weighted by molar-refractivity contribution is 7.11. The van der Waals surface area contributed by atoms with Gasteiger partial charge in [-0.15, -0.1) is 21.5 Å². The Morgan fingerprint density at radius 2 is 0.741 bits per heavy atom. The Balaban J connectivity index is 0.000000640. The van der Waals surface area contributed by atoms with E-state index in [1.54, 1.807) is 11.5 Å². The molecule has 8 aromatic heterocycles. The fourth-order valence-corrected chi connectivity index (χ4v) is 16.8. The lowest BCUT2D eigenvalue weighted by Crippen LogP contribution is -2.24. The highest BCUT2D eigenvalue weighted by atomic mass is 32.1. The first-order valence-corrected chi connectivity index (χ1v) is 43.3. The fraction of sp³-hybridized carbons (Fsp3) is 0.766. The first-order valence-electron chi connectivity index (χ1n) is 40.9. The van der Waals surface area contributed by atoms with Crippen LogP contribution in [0.15, 0.2) is 8.94 Å². The van der Waals surface area contributed by atoms with E-state index in [0.717, 1.165) is 46.0 Å². The van der Waals surface area contributed by atoms with E-state index in [2.05, 4.69) is 409 Å². The molecule has 0 unspecified atom stereocenters. The van der Waals surface area contributed by atoms with Gasteiger partial charge in [0.2, 0.25) is 0 Å². The minimum absolute atomic E-state index is 0.0316. The highest BCUT2D eigenvalue weighted by Gasteiger charge is 2.37. The molecule has 0 aliphatic rings. The molecule has 112 heavy (non-hydrogen) atoms. The summed E-state index contributed by atoms with van der Waals surface area (Å²) in [5.74, 6) is 4.44. The zero-order chi connectivity index (χ0) is 89.1. The van der Waals surface area contributed by atoms with Gasteiger partial charge in [-0.2, -0.15) is 9.47 Å². The van der Waals surface area contributed by atoms with Crippen LogP contribution in [0.2, 0.25) is 0 Å². The van der Waals surface area contributed by atoms with Crippen molar-refractivity contribution < 1.29 is 8.94 Å². The number of imidazole rings is 1. The summed E-state index contributed by atoms with van der Waals surface area (Å²) in [7, 11) is 6.11. The summed E-state index contributed by atoms with van der Waals surface area (Å²) in [5.41, 5.74) is 19.2. The minimum Gasteiger partial charge on any atom is -0.445 e. The summed E-state index contributed by atoms with van der Waals surface area (Å²) in [6.45, 7) is 116. The average molecular weight is 1610 g/mol. The molecule has 0 spiro atoms. The van der Waals surface area contributed by atoms with Crippen LogP contribution >= 0.6 is 34.4 Å².